The van der Waals surface area contributed by atoms with Crippen molar-refractivity contribution in [1.29, 1.82) is 0 Å². The third kappa shape index (κ3) is 8.24. The van der Waals surface area contributed by atoms with Gasteiger partial charge in [0.1, 0.15) is 11.6 Å². The average molecular weight is 341 g/mol. The summed E-state index contributed by atoms with van der Waals surface area (Å²) >= 11 is 0. The highest BCUT2D eigenvalue weighted by atomic mass is 19.1. The molecule has 1 aromatic carbocycles. The van der Waals surface area contributed by atoms with Gasteiger partial charge in [-0.15, -0.1) is 0 Å². The first-order valence-electron chi connectivity index (χ1n) is 8.67. The summed E-state index contributed by atoms with van der Waals surface area (Å²) in [6, 6.07) is 3.55. The van der Waals surface area contributed by atoms with Crippen LogP contribution >= 0.6 is 0 Å². The van der Waals surface area contributed by atoms with Crippen molar-refractivity contribution in [2.75, 3.05) is 26.2 Å². The molecular weight excluding hydrogens is 312 g/mol. The zero-order valence-electron chi connectivity index (χ0n) is 14.6. The monoisotopic (exact) mass is 341 g/mol. The quantitative estimate of drug-likeness (QED) is 0.453. The molecule has 4 nitrogen and oxygen atoms in total. The van der Waals surface area contributed by atoms with Gasteiger partial charge in [0.2, 0.25) is 0 Å². The second-order valence-electron chi connectivity index (χ2n) is 5.84. The van der Waals surface area contributed by atoms with E-state index in [1.165, 1.54) is 12.1 Å². The molecule has 6 heteroatoms. The van der Waals surface area contributed by atoms with Crippen LogP contribution in [0.15, 0.2) is 23.2 Å². The van der Waals surface area contributed by atoms with Crippen LogP contribution in [-0.2, 0) is 6.42 Å². The Morgan fingerprint density at radius 3 is 2.42 bits per heavy atom. The predicted octanol–water partition coefficient (Wildman–Crippen LogP) is 2.86. The number of hydrogen-bond acceptors (Lipinski definition) is 2. The Kier molecular flexibility index (Phi) is 10.00. The molecule has 1 rings (SSSR count). The number of nitrogens with one attached hydrogen (secondary N) is 2. The maximum absolute atomic E-state index is 13.2. The lowest BCUT2D eigenvalue weighted by atomic mass is 10.0. The second kappa shape index (κ2) is 11.8. The molecule has 3 N–H and O–H groups in total. The highest BCUT2D eigenvalue weighted by Crippen LogP contribution is 2.11. The fourth-order valence-electron chi connectivity index (χ4n) is 2.56. The van der Waals surface area contributed by atoms with Crippen molar-refractivity contribution in [3.8, 4) is 0 Å². The fraction of sp³-hybridized carbons (Fsp3) is 0.611. The number of aliphatic hydroxyl groups excluding tert-OH is 1. The zero-order chi connectivity index (χ0) is 17.8. The first kappa shape index (κ1) is 20.4. The van der Waals surface area contributed by atoms with Crippen molar-refractivity contribution in [2.24, 2.45) is 10.9 Å². The Labute approximate surface area is 143 Å². The second-order valence-corrected chi connectivity index (χ2v) is 5.84. The smallest absolute Gasteiger partial charge is 0.191 e. The van der Waals surface area contributed by atoms with Crippen molar-refractivity contribution in [2.45, 2.75) is 39.5 Å². The van der Waals surface area contributed by atoms with Crippen molar-refractivity contribution in [3.63, 3.8) is 0 Å². The van der Waals surface area contributed by atoms with E-state index in [1.54, 1.807) is 0 Å². The maximum atomic E-state index is 13.2. The minimum atomic E-state index is -0.558. The predicted molar refractivity (Wildman–Crippen MR) is 94.1 cm³/mol. The molecule has 0 amide bonds. The highest BCUT2D eigenvalue weighted by molar-refractivity contribution is 5.79. The molecule has 0 spiro atoms. The molecule has 1 aromatic rings. The van der Waals surface area contributed by atoms with Crippen LogP contribution < -0.4 is 10.6 Å². The summed E-state index contributed by atoms with van der Waals surface area (Å²) in [7, 11) is 0. The molecule has 0 aliphatic heterocycles. The third-order valence-electron chi connectivity index (χ3n) is 3.71. The number of hydrogen-bond donors (Lipinski definition) is 3. The number of aliphatic hydroxyl groups is 1. The number of aliphatic imine (C=N–C) groups is 1. The molecule has 0 bridgehead atoms. The molecule has 0 saturated heterocycles. The molecule has 0 aliphatic rings. The van der Waals surface area contributed by atoms with Gasteiger partial charge in [-0.2, -0.15) is 0 Å². The summed E-state index contributed by atoms with van der Waals surface area (Å²) in [5.74, 6) is -0.0600. The Morgan fingerprint density at radius 2 is 1.83 bits per heavy atom. The zero-order valence-corrected chi connectivity index (χ0v) is 14.6. The van der Waals surface area contributed by atoms with E-state index in [0.29, 0.717) is 37.0 Å². The van der Waals surface area contributed by atoms with Crippen LogP contribution in [0.3, 0.4) is 0 Å². The van der Waals surface area contributed by atoms with E-state index in [0.717, 1.165) is 31.9 Å². The molecule has 0 heterocycles. The SMILES string of the molecule is CCCC(CCO)CN=C(NCC)NCCc1cc(F)cc(F)c1. The van der Waals surface area contributed by atoms with Crippen LogP contribution in [0.1, 0.15) is 38.7 Å². The van der Waals surface area contributed by atoms with E-state index < -0.39 is 11.6 Å². The lowest BCUT2D eigenvalue weighted by molar-refractivity contribution is 0.253. The van der Waals surface area contributed by atoms with Gasteiger partial charge < -0.3 is 15.7 Å². The number of rotatable bonds is 10. The molecule has 0 aromatic heterocycles. The van der Waals surface area contributed by atoms with Gasteiger partial charge in [0.15, 0.2) is 5.96 Å². The first-order valence-corrected chi connectivity index (χ1v) is 8.67. The Hall–Kier alpha value is -1.69. The molecule has 136 valence electrons. The van der Waals surface area contributed by atoms with Gasteiger partial charge in [-0.05, 0) is 49.8 Å². The maximum Gasteiger partial charge on any atom is 0.191 e. The lowest BCUT2D eigenvalue weighted by Gasteiger charge is -2.15. The van der Waals surface area contributed by atoms with E-state index in [9.17, 15) is 8.78 Å². The van der Waals surface area contributed by atoms with Crippen molar-refractivity contribution in [3.05, 3.63) is 35.4 Å². The molecule has 0 radical (unpaired) electrons. The molecule has 0 aliphatic carbocycles. The van der Waals surface area contributed by atoms with Crippen LogP contribution in [0.4, 0.5) is 8.78 Å². The number of guanidine groups is 1. The summed E-state index contributed by atoms with van der Waals surface area (Å²) in [6.07, 6.45) is 3.36. The largest absolute Gasteiger partial charge is 0.396 e. The van der Waals surface area contributed by atoms with Crippen molar-refractivity contribution < 1.29 is 13.9 Å². The summed E-state index contributed by atoms with van der Waals surface area (Å²) in [6.45, 7) is 6.20. The van der Waals surface area contributed by atoms with Gasteiger partial charge in [-0.25, -0.2) is 8.78 Å². The minimum Gasteiger partial charge on any atom is -0.396 e. The van der Waals surface area contributed by atoms with Gasteiger partial charge in [-0.1, -0.05) is 13.3 Å². The van der Waals surface area contributed by atoms with Gasteiger partial charge in [0.05, 0.1) is 0 Å². The highest BCUT2D eigenvalue weighted by Gasteiger charge is 2.07. The van der Waals surface area contributed by atoms with Crippen LogP contribution in [0, 0.1) is 17.6 Å². The summed E-state index contributed by atoms with van der Waals surface area (Å²) < 4.78 is 26.3. The standard InChI is InChI=1S/C18H29F2N3O/c1-3-5-14(7-9-24)13-23-18(21-4-2)22-8-6-15-10-16(19)12-17(20)11-15/h10-12,14,24H,3-9,13H2,1-2H3,(H2,21,22,23). The van der Waals surface area contributed by atoms with E-state index >= 15 is 0 Å². The Bertz CT molecular complexity index is 483. The molecule has 0 saturated carbocycles. The first-order chi connectivity index (χ1) is 11.6. The topological polar surface area (TPSA) is 56.7 Å². The summed E-state index contributed by atoms with van der Waals surface area (Å²) in [4.78, 5) is 4.55. The molecule has 1 atom stereocenters. The van der Waals surface area contributed by atoms with Crippen molar-refractivity contribution in [1.82, 2.24) is 10.6 Å². The molecular formula is C18H29F2N3O. The molecule has 1 unspecified atom stereocenters. The van der Waals surface area contributed by atoms with E-state index in [2.05, 4.69) is 22.5 Å². The minimum absolute atomic E-state index is 0.176. The van der Waals surface area contributed by atoms with E-state index in [1.807, 2.05) is 6.92 Å². The fourth-order valence-corrected chi connectivity index (χ4v) is 2.56. The number of benzene rings is 1. The third-order valence-corrected chi connectivity index (χ3v) is 3.71. The number of halogens is 2. The van der Waals surface area contributed by atoms with Crippen LogP contribution in [-0.4, -0.2) is 37.3 Å². The average Bonchev–Trinajstić information content (AvgIpc) is 2.52. The van der Waals surface area contributed by atoms with Gasteiger partial charge in [-0.3, -0.25) is 4.99 Å². The van der Waals surface area contributed by atoms with Gasteiger partial charge >= 0.3 is 0 Å². The van der Waals surface area contributed by atoms with Gasteiger partial charge in [0.25, 0.3) is 0 Å². The Morgan fingerprint density at radius 1 is 1.12 bits per heavy atom. The summed E-state index contributed by atoms with van der Waals surface area (Å²) in [5, 5.41) is 15.4. The Balaban J connectivity index is 2.53. The normalized spacial score (nSPS) is 13.0. The van der Waals surface area contributed by atoms with Crippen LogP contribution in [0.5, 0.6) is 0 Å². The van der Waals surface area contributed by atoms with E-state index in [-0.39, 0.29) is 6.61 Å². The van der Waals surface area contributed by atoms with Crippen molar-refractivity contribution >= 4 is 5.96 Å². The lowest BCUT2D eigenvalue weighted by Crippen LogP contribution is -2.38. The van der Waals surface area contributed by atoms with Crippen LogP contribution in [0.2, 0.25) is 0 Å². The summed E-state index contributed by atoms with van der Waals surface area (Å²) in [5.41, 5.74) is 0.611. The molecule has 0 fully saturated rings. The van der Waals surface area contributed by atoms with E-state index in [4.69, 9.17) is 5.11 Å². The van der Waals surface area contributed by atoms with Gasteiger partial charge in [0, 0.05) is 32.3 Å². The number of nitrogens with zero attached hydrogens (tertiary/aromatic N) is 1. The van der Waals surface area contributed by atoms with Crippen LogP contribution in [0.25, 0.3) is 0 Å². The molecule has 24 heavy (non-hydrogen) atoms.